The zero-order chi connectivity index (χ0) is 17.8. The maximum atomic E-state index is 12.4. The predicted molar refractivity (Wildman–Crippen MR) is 93.9 cm³/mol. The lowest BCUT2D eigenvalue weighted by molar-refractivity contribution is -0.132. The molecule has 0 aromatic heterocycles. The van der Waals surface area contributed by atoms with E-state index in [-0.39, 0.29) is 11.4 Å². The van der Waals surface area contributed by atoms with Crippen LogP contribution in [-0.2, 0) is 16.0 Å². The first-order valence-electron chi connectivity index (χ1n) is 9.37. The highest BCUT2D eigenvalue weighted by atomic mass is 16.6. The molecule has 1 aromatic rings. The van der Waals surface area contributed by atoms with Crippen molar-refractivity contribution in [3.63, 3.8) is 0 Å². The lowest BCUT2D eigenvalue weighted by Crippen LogP contribution is -2.42. The Morgan fingerprint density at radius 3 is 2.72 bits per heavy atom. The summed E-state index contributed by atoms with van der Waals surface area (Å²) in [7, 11) is 1.64. The number of esters is 1. The molecule has 0 radical (unpaired) electrons. The Morgan fingerprint density at radius 2 is 2.00 bits per heavy atom. The fourth-order valence-corrected chi connectivity index (χ4v) is 5.84. The number of fused-ring (bicyclic) bond motifs is 5. The number of rotatable bonds is 2. The Bertz CT molecular complexity index is 738. The molecule has 3 aliphatic carbocycles. The lowest BCUT2D eigenvalue weighted by atomic mass is 9.55. The molecule has 4 heteroatoms. The van der Waals surface area contributed by atoms with Gasteiger partial charge < -0.3 is 9.47 Å². The van der Waals surface area contributed by atoms with Crippen molar-refractivity contribution in [2.24, 2.45) is 17.3 Å². The minimum absolute atomic E-state index is 0.0968. The van der Waals surface area contributed by atoms with Crippen molar-refractivity contribution in [1.82, 2.24) is 0 Å². The van der Waals surface area contributed by atoms with Crippen LogP contribution in [0.5, 0.6) is 11.5 Å². The van der Waals surface area contributed by atoms with Gasteiger partial charge in [-0.15, -0.1) is 0 Å². The molecule has 0 saturated heterocycles. The van der Waals surface area contributed by atoms with Crippen molar-refractivity contribution in [3.8, 4) is 11.5 Å². The third kappa shape index (κ3) is 2.41. The standard InChI is InChI=1S/C21H26O4/c1-12(22)25-18-8-6-13-14-10-11-21(2)17(7-9-19(21)23)15(14)4-5-16(13)20(18)24-3/h6,8,14-15,17H,4-5,7,9-11H2,1-3H3/t14-,15-,17+,21+/m1/s1. The molecule has 4 atom stereocenters. The van der Waals surface area contributed by atoms with E-state index in [1.165, 1.54) is 18.1 Å². The third-order valence-electron chi connectivity index (χ3n) is 6.99. The summed E-state index contributed by atoms with van der Waals surface area (Å²) < 4.78 is 10.9. The molecule has 1 aromatic carbocycles. The van der Waals surface area contributed by atoms with Crippen molar-refractivity contribution < 1.29 is 19.1 Å². The highest BCUT2D eigenvalue weighted by Gasteiger charge is 2.54. The topological polar surface area (TPSA) is 52.6 Å². The van der Waals surface area contributed by atoms with E-state index in [1.807, 2.05) is 6.07 Å². The maximum Gasteiger partial charge on any atom is 0.308 e. The SMILES string of the molecule is COc1c(OC(C)=O)ccc2c1CC[C@@H]1[C@@H]2CC[C@]2(C)C(=O)CC[C@@H]12. The van der Waals surface area contributed by atoms with Gasteiger partial charge in [0.05, 0.1) is 7.11 Å². The molecule has 2 fully saturated rings. The molecule has 2 saturated carbocycles. The molecular formula is C21H26O4. The van der Waals surface area contributed by atoms with Gasteiger partial charge in [-0.05, 0) is 61.5 Å². The van der Waals surface area contributed by atoms with E-state index in [0.29, 0.717) is 35.0 Å². The van der Waals surface area contributed by atoms with Gasteiger partial charge >= 0.3 is 5.97 Å². The van der Waals surface area contributed by atoms with Crippen LogP contribution in [0.4, 0.5) is 0 Å². The smallest absolute Gasteiger partial charge is 0.308 e. The van der Waals surface area contributed by atoms with Gasteiger partial charge in [0.25, 0.3) is 0 Å². The summed E-state index contributed by atoms with van der Waals surface area (Å²) in [5.41, 5.74) is 2.43. The zero-order valence-electron chi connectivity index (χ0n) is 15.3. The summed E-state index contributed by atoms with van der Waals surface area (Å²) in [6, 6.07) is 3.99. The normalized spacial score (nSPS) is 33.2. The summed E-state index contributed by atoms with van der Waals surface area (Å²) in [5.74, 6) is 2.97. The quantitative estimate of drug-likeness (QED) is 0.601. The minimum Gasteiger partial charge on any atom is -0.493 e. The number of methoxy groups -OCH3 is 1. The van der Waals surface area contributed by atoms with Crippen LogP contribution in [0.2, 0.25) is 0 Å². The molecule has 0 unspecified atom stereocenters. The van der Waals surface area contributed by atoms with Crippen LogP contribution < -0.4 is 9.47 Å². The van der Waals surface area contributed by atoms with Crippen LogP contribution >= 0.6 is 0 Å². The average molecular weight is 342 g/mol. The van der Waals surface area contributed by atoms with Gasteiger partial charge in [-0.1, -0.05) is 13.0 Å². The fraction of sp³-hybridized carbons (Fsp3) is 0.619. The molecule has 25 heavy (non-hydrogen) atoms. The summed E-state index contributed by atoms with van der Waals surface area (Å²) in [4.78, 5) is 23.8. The Kier molecular flexibility index (Phi) is 3.89. The molecule has 3 aliphatic rings. The predicted octanol–water partition coefficient (Wildman–Crippen LogP) is 4.05. The van der Waals surface area contributed by atoms with Crippen LogP contribution in [0, 0.1) is 17.3 Å². The fourth-order valence-electron chi connectivity index (χ4n) is 5.84. The van der Waals surface area contributed by atoms with Gasteiger partial charge in [-0.3, -0.25) is 9.59 Å². The monoisotopic (exact) mass is 342 g/mol. The summed E-state index contributed by atoms with van der Waals surface area (Å²) in [6.45, 7) is 3.61. The first kappa shape index (κ1) is 16.6. The van der Waals surface area contributed by atoms with Crippen LogP contribution in [0.25, 0.3) is 0 Å². The zero-order valence-corrected chi connectivity index (χ0v) is 15.3. The largest absolute Gasteiger partial charge is 0.493 e. The lowest BCUT2D eigenvalue weighted by Gasteiger charge is -2.48. The van der Waals surface area contributed by atoms with Crippen molar-refractivity contribution in [3.05, 3.63) is 23.3 Å². The number of carbonyl (C=O) groups is 2. The average Bonchev–Trinajstić information content (AvgIpc) is 2.89. The Balaban J connectivity index is 1.72. The number of hydrogen-bond acceptors (Lipinski definition) is 4. The highest BCUT2D eigenvalue weighted by molar-refractivity contribution is 5.87. The number of carbonyl (C=O) groups excluding carboxylic acids is 2. The first-order chi connectivity index (χ1) is 12.0. The first-order valence-corrected chi connectivity index (χ1v) is 9.37. The number of ether oxygens (including phenoxy) is 2. The second-order valence-corrected chi connectivity index (χ2v) is 8.09. The molecule has 4 rings (SSSR count). The molecule has 0 spiro atoms. The van der Waals surface area contributed by atoms with E-state index in [4.69, 9.17) is 9.47 Å². The van der Waals surface area contributed by atoms with Crippen LogP contribution in [0.15, 0.2) is 12.1 Å². The highest BCUT2D eigenvalue weighted by Crippen LogP contribution is 2.60. The van der Waals surface area contributed by atoms with Gasteiger partial charge in [0.15, 0.2) is 11.5 Å². The van der Waals surface area contributed by atoms with E-state index < -0.39 is 0 Å². The number of benzene rings is 1. The van der Waals surface area contributed by atoms with Crippen LogP contribution in [0.1, 0.15) is 63.0 Å². The molecule has 4 nitrogen and oxygen atoms in total. The van der Waals surface area contributed by atoms with Crippen molar-refractivity contribution in [2.75, 3.05) is 7.11 Å². The molecular weight excluding hydrogens is 316 g/mol. The Morgan fingerprint density at radius 1 is 1.20 bits per heavy atom. The van der Waals surface area contributed by atoms with Crippen molar-refractivity contribution in [1.29, 1.82) is 0 Å². The van der Waals surface area contributed by atoms with E-state index in [2.05, 4.69) is 13.0 Å². The van der Waals surface area contributed by atoms with Gasteiger partial charge in [-0.25, -0.2) is 0 Å². The second-order valence-electron chi connectivity index (χ2n) is 8.09. The molecule has 0 heterocycles. The molecule has 0 amide bonds. The molecule has 134 valence electrons. The molecule has 0 bridgehead atoms. The van der Waals surface area contributed by atoms with Crippen molar-refractivity contribution >= 4 is 11.8 Å². The number of Topliss-reactive ketones (excluding diaryl/α,β-unsaturated/α-hetero) is 1. The van der Waals surface area contributed by atoms with Crippen LogP contribution in [-0.4, -0.2) is 18.9 Å². The maximum absolute atomic E-state index is 12.4. The van der Waals surface area contributed by atoms with E-state index in [0.717, 1.165) is 38.5 Å². The number of hydrogen-bond donors (Lipinski definition) is 0. The van der Waals surface area contributed by atoms with E-state index in [1.54, 1.807) is 7.11 Å². The summed E-state index contributed by atoms with van der Waals surface area (Å²) >= 11 is 0. The second kappa shape index (κ2) is 5.86. The molecule has 0 N–H and O–H groups in total. The van der Waals surface area contributed by atoms with Gasteiger partial charge in [0, 0.05) is 24.3 Å². The Hall–Kier alpha value is -1.84. The molecule has 0 aliphatic heterocycles. The van der Waals surface area contributed by atoms with E-state index in [9.17, 15) is 9.59 Å². The summed E-state index contributed by atoms with van der Waals surface area (Å²) in [6.07, 6.45) is 5.87. The van der Waals surface area contributed by atoms with Gasteiger partial charge in [0.1, 0.15) is 5.78 Å². The number of ketones is 1. The van der Waals surface area contributed by atoms with Gasteiger partial charge in [-0.2, -0.15) is 0 Å². The Labute approximate surface area is 148 Å². The minimum atomic E-state index is -0.329. The van der Waals surface area contributed by atoms with Crippen molar-refractivity contribution in [2.45, 2.75) is 58.3 Å². The van der Waals surface area contributed by atoms with Crippen LogP contribution in [0.3, 0.4) is 0 Å². The van der Waals surface area contributed by atoms with E-state index >= 15 is 0 Å². The van der Waals surface area contributed by atoms with Gasteiger partial charge in [0.2, 0.25) is 0 Å². The third-order valence-corrected chi connectivity index (χ3v) is 6.99. The summed E-state index contributed by atoms with van der Waals surface area (Å²) in [5, 5.41) is 0.